The summed E-state index contributed by atoms with van der Waals surface area (Å²) in [7, 11) is 0. The van der Waals surface area contributed by atoms with Gasteiger partial charge in [-0.05, 0) is 43.5 Å². The second-order valence-corrected chi connectivity index (χ2v) is 6.22. The van der Waals surface area contributed by atoms with Crippen LogP contribution in [-0.2, 0) is 11.2 Å². The number of benzene rings is 2. The summed E-state index contributed by atoms with van der Waals surface area (Å²) in [5, 5.41) is 0. The molecule has 1 fully saturated rings. The molecule has 0 aromatic heterocycles. The summed E-state index contributed by atoms with van der Waals surface area (Å²) in [5.74, 6) is 0.977. The normalized spacial score (nSPS) is 25.3. The summed E-state index contributed by atoms with van der Waals surface area (Å²) in [4.78, 5) is 0. The van der Waals surface area contributed by atoms with Crippen molar-refractivity contribution in [3.05, 3.63) is 65.2 Å². The predicted octanol–water partition coefficient (Wildman–Crippen LogP) is 3.89. The molecule has 2 nitrogen and oxygen atoms in total. The van der Waals surface area contributed by atoms with E-state index in [4.69, 9.17) is 9.47 Å². The van der Waals surface area contributed by atoms with Gasteiger partial charge in [-0.3, -0.25) is 0 Å². The van der Waals surface area contributed by atoms with Gasteiger partial charge in [-0.2, -0.15) is 0 Å². The Labute approximate surface area is 119 Å². The monoisotopic (exact) mass is 266 g/mol. The average Bonchev–Trinajstić information content (AvgIpc) is 3.22. The highest BCUT2D eigenvalue weighted by Crippen LogP contribution is 2.53. The smallest absolute Gasteiger partial charge is 0.132 e. The van der Waals surface area contributed by atoms with E-state index < -0.39 is 0 Å². The van der Waals surface area contributed by atoms with Gasteiger partial charge in [0.05, 0.1) is 0 Å². The largest absolute Gasteiger partial charge is 0.485 e. The Hall–Kier alpha value is -1.80. The van der Waals surface area contributed by atoms with Crippen LogP contribution in [0.25, 0.3) is 0 Å². The van der Waals surface area contributed by atoms with E-state index in [0.29, 0.717) is 0 Å². The summed E-state index contributed by atoms with van der Waals surface area (Å²) in [6.45, 7) is 4.19. The van der Waals surface area contributed by atoms with E-state index in [9.17, 15) is 0 Å². The van der Waals surface area contributed by atoms with Crippen molar-refractivity contribution in [3.63, 3.8) is 0 Å². The van der Waals surface area contributed by atoms with Crippen LogP contribution in [0, 0.1) is 0 Å². The second kappa shape index (κ2) is 4.10. The highest BCUT2D eigenvalue weighted by atomic mass is 16.6. The molecule has 0 bridgehead atoms. The number of hydrogen-bond acceptors (Lipinski definition) is 2. The Morgan fingerprint density at radius 1 is 1.00 bits per heavy atom. The van der Waals surface area contributed by atoms with Gasteiger partial charge in [0.1, 0.15) is 23.6 Å². The Morgan fingerprint density at radius 2 is 1.80 bits per heavy atom. The minimum atomic E-state index is -0.210. The summed E-state index contributed by atoms with van der Waals surface area (Å²) >= 11 is 0. The Balaban J connectivity index is 1.65. The molecule has 20 heavy (non-hydrogen) atoms. The molecule has 1 saturated heterocycles. The maximum Gasteiger partial charge on any atom is 0.132 e. The van der Waals surface area contributed by atoms with Crippen LogP contribution in [0.3, 0.4) is 0 Å². The molecule has 2 aliphatic rings. The van der Waals surface area contributed by atoms with Crippen molar-refractivity contribution in [2.75, 3.05) is 0 Å². The molecule has 2 aromatic rings. The fourth-order valence-electron chi connectivity index (χ4n) is 3.07. The number of hydrogen-bond donors (Lipinski definition) is 0. The van der Waals surface area contributed by atoms with Gasteiger partial charge in [-0.25, -0.2) is 0 Å². The topological polar surface area (TPSA) is 21.8 Å². The lowest BCUT2D eigenvalue weighted by atomic mass is 9.92. The molecule has 2 aliphatic heterocycles. The van der Waals surface area contributed by atoms with Gasteiger partial charge in [0, 0.05) is 5.56 Å². The Bertz CT molecular complexity index is 646. The molecule has 2 heterocycles. The van der Waals surface area contributed by atoms with Crippen molar-refractivity contribution in [1.82, 2.24) is 0 Å². The maximum atomic E-state index is 6.05. The Kier molecular flexibility index (Phi) is 2.45. The lowest BCUT2D eigenvalue weighted by Gasteiger charge is -2.29. The molecule has 0 unspecified atom stereocenters. The minimum absolute atomic E-state index is 0.210. The highest BCUT2D eigenvalue weighted by Gasteiger charge is 2.56. The van der Waals surface area contributed by atoms with Crippen LogP contribution in [0.2, 0.25) is 0 Å². The quantitative estimate of drug-likeness (QED) is 0.769. The van der Waals surface area contributed by atoms with E-state index in [1.54, 1.807) is 0 Å². The first-order chi connectivity index (χ1) is 9.63. The van der Waals surface area contributed by atoms with E-state index >= 15 is 0 Å². The van der Waals surface area contributed by atoms with Crippen LogP contribution in [0.15, 0.2) is 48.5 Å². The van der Waals surface area contributed by atoms with Crippen LogP contribution in [0.1, 0.15) is 36.6 Å². The number of rotatable bonds is 2. The van der Waals surface area contributed by atoms with Crippen molar-refractivity contribution in [2.24, 2.45) is 0 Å². The van der Waals surface area contributed by atoms with Gasteiger partial charge < -0.3 is 9.47 Å². The van der Waals surface area contributed by atoms with Crippen LogP contribution in [-0.4, -0.2) is 11.7 Å². The molecule has 2 aromatic carbocycles. The van der Waals surface area contributed by atoms with Gasteiger partial charge in [0.15, 0.2) is 0 Å². The van der Waals surface area contributed by atoms with E-state index in [-0.39, 0.29) is 17.8 Å². The zero-order chi connectivity index (χ0) is 13.7. The SMILES string of the molecule is CC1(C)Oc2ccc(Cc3ccccc3)cc2[C@@H]2O[C@@H]21. The summed E-state index contributed by atoms with van der Waals surface area (Å²) in [6, 6.07) is 17.0. The van der Waals surface area contributed by atoms with Crippen LogP contribution in [0.5, 0.6) is 5.75 Å². The molecule has 0 N–H and O–H groups in total. The van der Waals surface area contributed by atoms with E-state index in [1.807, 2.05) is 0 Å². The lowest BCUT2D eigenvalue weighted by Crippen LogP contribution is -2.37. The molecule has 102 valence electrons. The van der Waals surface area contributed by atoms with Crippen LogP contribution < -0.4 is 4.74 Å². The number of fused-ring (bicyclic) bond motifs is 3. The molecule has 0 aliphatic carbocycles. The van der Waals surface area contributed by atoms with Crippen LogP contribution >= 0.6 is 0 Å². The van der Waals surface area contributed by atoms with Crippen molar-refractivity contribution in [3.8, 4) is 5.75 Å². The van der Waals surface area contributed by atoms with Gasteiger partial charge >= 0.3 is 0 Å². The first-order valence-corrected chi connectivity index (χ1v) is 7.15. The molecule has 0 saturated carbocycles. The van der Waals surface area contributed by atoms with Crippen molar-refractivity contribution in [2.45, 2.75) is 38.1 Å². The molecule has 0 radical (unpaired) electrons. The molecule has 2 heteroatoms. The summed E-state index contributed by atoms with van der Waals surface area (Å²) < 4.78 is 11.9. The fourth-order valence-corrected chi connectivity index (χ4v) is 3.07. The minimum Gasteiger partial charge on any atom is -0.485 e. The number of ether oxygens (including phenoxy) is 2. The molecule has 4 rings (SSSR count). The number of epoxide rings is 1. The molecule has 2 atom stereocenters. The maximum absolute atomic E-state index is 6.05. The summed E-state index contributed by atoms with van der Waals surface area (Å²) in [5.41, 5.74) is 3.64. The molecule has 0 amide bonds. The van der Waals surface area contributed by atoms with Gasteiger partial charge in [0.25, 0.3) is 0 Å². The zero-order valence-corrected chi connectivity index (χ0v) is 11.8. The average molecular weight is 266 g/mol. The summed E-state index contributed by atoms with van der Waals surface area (Å²) in [6.07, 6.45) is 1.39. The third-order valence-corrected chi connectivity index (χ3v) is 4.18. The van der Waals surface area contributed by atoms with Gasteiger partial charge in [-0.15, -0.1) is 0 Å². The van der Waals surface area contributed by atoms with Crippen molar-refractivity contribution in [1.29, 1.82) is 0 Å². The Morgan fingerprint density at radius 3 is 2.60 bits per heavy atom. The van der Waals surface area contributed by atoms with Crippen molar-refractivity contribution >= 4 is 0 Å². The van der Waals surface area contributed by atoms with E-state index in [1.165, 1.54) is 16.7 Å². The fraction of sp³-hybridized carbons (Fsp3) is 0.333. The van der Waals surface area contributed by atoms with E-state index in [0.717, 1.165) is 12.2 Å². The standard InChI is InChI=1S/C18H18O2/c1-18(2)17-16(19-17)14-11-13(8-9-15(14)20-18)10-12-6-4-3-5-7-12/h3-9,11,16-17H,10H2,1-2H3/t16-,17-/m0/s1. The molecular weight excluding hydrogens is 248 g/mol. The second-order valence-electron chi connectivity index (χ2n) is 6.22. The predicted molar refractivity (Wildman–Crippen MR) is 78.0 cm³/mol. The van der Waals surface area contributed by atoms with Crippen molar-refractivity contribution < 1.29 is 9.47 Å². The third-order valence-electron chi connectivity index (χ3n) is 4.18. The van der Waals surface area contributed by atoms with Crippen LogP contribution in [0.4, 0.5) is 0 Å². The molecular formula is C18H18O2. The van der Waals surface area contributed by atoms with Gasteiger partial charge in [-0.1, -0.05) is 36.4 Å². The first-order valence-electron chi connectivity index (χ1n) is 7.15. The lowest BCUT2D eigenvalue weighted by molar-refractivity contribution is 0.0725. The van der Waals surface area contributed by atoms with Gasteiger partial charge in [0.2, 0.25) is 0 Å². The molecule has 0 spiro atoms. The van der Waals surface area contributed by atoms with E-state index in [2.05, 4.69) is 62.4 Å². The highest BCUT2D eigenvalue weighted by molar-refractivity contribution is 5.45. The third kappa shape index (κ3) is 1.92. The first kappa shape index (κ1) is 12.0. The zero-order valence-electron chi connectivity index (χ0n) is 11.8.